The predicted octanol–water partition coefficient (Wildman–Crippen LogP) is 5.04. The van der Waals surface area contributed by atoms with Gasteiger partial charge in [-0.2, -0.15) is 0 Å². The molecule has 1 N–H and O–H groups in total. The van der Waals surface area contributed by atoms with Crippen molar-refractivity contribution in [1.29, 1.82) is 0 Å². The third kappa shape index (κ3) is 3.46. The summed E-state index contributed by atoms with van der Waals surface area (Å²) < 4.78 is 13.7. The Bertz CT molecular complexity index is 634. The lowest BCUT2D eigenvalue weighted by atomic mass is 10.2. The first-order valence-corrected chi connectivity index (χ1v) is 7.43. The van der Waals surface area contributed by atoms with E-state index in [2.05, 4.69) is 38.1 Å². The Kier molecular flexibility index (Phi) is 4.94. The van der Waals surface area contributed by atoms with Crippen LogP contribution in [0.4, 0.5) is 15.9 Å². The van der Waals surface area contributed by atoms with Crippen molar-refractivity contribution in [3.8, 4) is 0 Å². The normalized spacial score (nSPS) is 10.7. The Morgan fingerprint density at radius 2 is 2.10 bits per heavy atom. The molecular weight excluding hydrogens is 345 g/mol. The molecular formula is C14H14BrClFN3. The molecule has 0 saturated carbocycles. The van der Waals surface area contributed by atoms with Gasteiger partial charge in [0, 0.05) is 16.5 Å². The lowest BCUT2D eigenvalue weighted by Crippen LogP contribution is -2.04. The van der Waals surface area contributed by atoms with Crippen molar-refractivity contribution >= 4 is 39.0 Å². The average molecular weight is 359 g/mol. The van der Waals surface area contributed by atoms with Crippen LogP contribution in [-0.2, 0) is 6.42 Å². The maximum atomic E-state index is 13.1. The van der Waals surface area contributed by atoms with Crippen molar-refractivity contribution in [2.24, 2.45) is 0 Å². The van der Waals surface area contributed by atoms with Crippen LogP contribution in [0, 0.1) is 12.7 Å². The van der Waals surface area contributed by atoms with Crippen LogP contribution in [-0.4, -0.2) is 9.97 Å². The van der Waals surface area contributed by atoms with Gasteiger partial charge in [0.15, 0.2) is 0 Å². The average Bonchev–Trinajstić information content (AvgIpc) is 2.39. The topological polar surface area (TPSA) is 37.8 Å². The van der Waals surface area contributed by atoms with Gasteiger partial charge >= 0.3 is 0 Å². The van der Waals surface area contributed by atoms with E-state index in [9.17, 15) is 4.39 Å². The SMILES string of the molecule is CCCc1nc(Cl)c(C)c(Nc2ccc(F)cc2Br)n1. The zero-order chi connectivity index (χ0) is 14.7. The molecule has 2 rings (SSSR count). The second-order valence-electron chi connectivity index (χ2n) is 4.40. The highest BCUT2D eigenvalue weighted by molar-refractivity contribution is 9.10. The first-order valence-electron chi connectivity index (χ1n) is 6.26. The summed E-state index contributed by atoms with van der Waals surface area (Å²) in [6.07, 6.45) is 1.71. The highest BCUT2D eigenvalue weighted by Gasteiger charge is 2.11. The molecule has 3 nitrogen and oxygen atoms in total. The van der Waals surface area contributed by atoms with E-state index in [1.807, 2.05) is 6.92 Å². The number of rotatable bonds is 4. The minimum Gasteiger partial charge on any atom is -0.339 e. The van der Waals surface area contributed by atoms with Gasteiger partial charge in [-0.3, -0.25) is 0 Å². The van der Waals surface area contributed by atoms with Crippen LogP contribution < -0.4 is 5.32 Å². The molecule has 0 unspecified atom stereocenters. The van der Waals surface area contributed by atoms with E-state index >= 15 is 0 Å². The van der Waals surface area contributed by atoms with Crippen molar-refractivity contribution < 1.29 is 4.39 Å². The van der Waals surface area contributed by atoms with Crippen LogP contribution in [0.2, 0.25) is 5.15 Å². The third-order valence-electron chi connectivity index (χ3n) is 2.79. The molecule has 0 fully saturated rings. The molecule has 1 aromatic carbocycles. The van der Waals surface area contributed by atoms with E-state index in [0.717, 1.165) is 24.1 Å². The summed E-state index contributed by atoms with van der Waals surface area (Å²) in [5.74, 6) is 1.04. The smallest absolute Gasteiger partial charge is 0.138 e. The Morgan fingerprint density at radius 1 is 1.35 bits per heavy atom. The van der Waals surface area contributed by atoms with Crippen molar-refractivity contribution in [3.05, 3.63) is 45.0 Å². The summed E-state index contributed by atoms with van der Waals surface area (Å²) in [5, 5.41) is 3.59. The van der Waals surface area contributed by atoms with E-state index < -0.39 is 0 Å². The molecule has 0 aliphatic rings. The fraction of sp³-hybridized carbons (Fsp3) is 0.286. The fourth-order valence-corrected chi connectivity index (χ4v) is 2.35. The van der Waals surface area contributed by atoms with Crippen LogP contribution in [0.3, 0.4) is 0 Å². The highest BCUT2D eigenvalue weighted by atomic mass is 79.9. The number of hydrogen-bond acceptors (Lipinski definition) is 3. The number of nitrogens with one attached hydrogen (secondary N) is 1. The lowest BCUT2D eigenvalue weighted by molar-refractivity contribution is 0.627. The monoisotopic (exact) mass is 357 g/mol. The molecule has 6 heteroatoms. The molecule has 0 saturated heterocycles. The van der Waals surface area contributed by atoms with Gasteiger partial charge in [-0.1, -0.05) is 18.5 Å². The highest BCUT2D eigenvalue weighted by Crippen LogP contribution is 2.29. The van der Waals surface area contributed by atoms with Gasteiger partial charge in [0.25, 0.3) is 0 Å². The molecule has 106 valence electrons. The number of benzene rings is 1. The first kappa shape index (κ1) is 15.2. The molecule has 0 aliphatic heterocycles. The van der Waals surface area contributed by atoms with Gasteiger partial charge < -0.3 is 5.32 Å². The van der Waals surface area contributed by atoms with E-state index in [1.165, 1.54) is 12.1 Å². The lowest BCUT2D eigenvalue weighted by Gasteiger charge is -2.12. The number of aromatic nitrogens is 2. The van der Waals surface area contributed by atoms with Crippen molar-refractivity contribution in [3.63, 3.8) is 0 Å². The van der Waals surface area contributed by atoms with E-state index in [-0.39, 0.29) is 5.82 Å². The number of anilines is 2. The molecule has 0 aliphatic carbocycles. The maximum Gasteiger partial charge on any atom is 0.138 e. The quantitative estimate of drug-likeness (QED) is 0.778. The molecule has 0 spiro atoms. The zero-order valence-electron chi connectivity index (χ0n) is 11.2. The maximum absolute atomic E-state index is 13.1. The summed E-state index contributed by atoms with van der Waals surface area (Å²) in [5.41, 5.74) is 1.49. The van der Waals surface area contributed by atoms with E-state index in [1.54, 1.807) is 6.07 Å². The van der Waals surface area contributed by atoms with Gasteiger partial charge in [0.2, 0.25) is 0 Å². The fourth-order valence-electron chi connectivity index (χ4n) is 1.71. The molecule has 0 bridgehead atoms. The Hall–Kier alpha value is -1.20. The van der Waals surface area contributed by atoms with Crippen LogP contribution >= 0.6 is 27.5 Å². The second kappa shape index (κ2) is 6.50. The summed E-state index contributed by atoms with van der Waals surface area (Å²) in [6, 6.07) is 4.43. The van der Waals surface area contributed by atoms with Crippen LogP contribution in [0.25, 0.3) is 0 Å². The zero-order valence-corrected chi connectivity index (χ0v) is 13.5. The third-order valence-corrected chi connectivity index (χ3v) is 3.81. The molecule has 0 amide bonds. The van der Waals surface area contributed by atoms with Crippen LogP contribution in [0.15, 0.2) is 22.7 Å². The predicted molar refractivity (Wildman–Crippen MR) is 83.2 cm³/mol. The molecule has 0 radical (unpaired) electrons. The number of hydrogen-bond donors (Lipinski definition) is 1. The standard InChI is InChI=1S/C14H14BrClFN3/c1-3-4-12-19-13(16)8(2)14(20-12)18-11-6-5-9(17)7-10(11)15/h5-7H,3-4H2,1-2H3,(H,18,19,20). The summed E-state index contributed by atoms with van der Waals surface area (Å²) in [6.45, 7) is 3.90. The molecule has 1 heterocycles. The number of nitrogens with zero attached hydrogens (tertiary/aromatic N) is 2. The molecule has 2 aromatic rings. The summed E-state index contributed by atoms with van der Waals surface area (Å²) in [4.78, 5) is 8.70. The minimum absolute atomic E-state index is 0.300. The van der Waals surface area contributed by atoms with Gasteiger partial charge in [-0.15, -0.1) is 0 Å². The van der Waals surface area contributed by atoms with Gasteiger partial charge in [0.05, 0.1) is 5.69 Å². The van der Waals surface area contributed by atoms with Crippen molar-refractivity contribution in [2.45, 2.75) is 26.7 Å². The summed E-state index contributed by atoms with van der Waals surface area (Å²) in [7, 11) is 0. The second-order valence-corrected chi connectivity index (χ2v) is 5.62. The van der Waals surface area contributed by atoms with Gasteiger partial charge in [-0.05, 0) is 47.5 Å². The van der Waals surface area contributed by atoms with Crippen LogP contribution in [0.5, 0.6) is 0 Å². The van der Waals surface area contributed by atoms with Gasteiger partial charge in [-0.25, -0.2) is 14.4 Å². The van der Waals surface area contributed by atoms with Crippen molar-refractivity contribution in [2.75, 3.05) is 5.32 Å². The molecule has 0 atom stereocenters. The van der Waals surface area contributed by atoms with Crippen LogP contribution in [0.1, 0.15) is 24.7 Å². The van der Waals surface area contributed by atoms with Crippen molar-refractivity contribution in [1.82, 2.24) is 9.97 Å². The summed E-state index contributed by atoms with van der Waals surface area (Å²) >= 11 is 9.44. The Morgan fingerprint density at radius 3 is 2.75 bits per heavy atom. The largest absolute Gasteiger partial charge is 0.339 e. The molecule has 20 heavy (non-hydrogen) atoms. The number of halogens is 3. The Labute approximate surface area is 130 Å². The van der Waals surface area contributed by atoms with E-state index in [0.29, 0.717) is 21.3 Å². The Balaban J connectivity index is 2.37. The minimum atomic E-state index is -0.300. The molecule has 1 aromatic heterocycles. The number of aryl methyl sites for hydroxylation is 1. The first-order chi connectivity index (χ1) is 9.51. The van der Waals surface area contributed by atoms with Gasteiger partial charge in [0.1, 0.15) is 22.6 Å². The van der Waals surface area contributed by atoms with E-state index in [4.69, 9.17) is 11.6 Å².